The number of allylic oxidation sites excluding steroid dienone is 1. The molecule has 0 bridgehead atoms. The molecule has 2 aromatic rings. The van der Waals surface area contributed by atoms with Crippen molar-refractivity contribution in [3.8, 4) is 0 Å². The molecule has 4 rings (SSSR count). The average molecular weight is 383 g/mol. The van der Waals surface area contributed by atoms with Gasteiger partial charge in [0.15, 0.2) is 5.88 Å². The van der Waals surface area contributed by atoms with Crippen molar-refractivity contribution in [2.45, 2.75) is 25.8 Å². The van der Waals surface area contributed by atoms with Gasteiger partial charge in [-0.3, -0.25) is 5.32 Å². The van der Waals surface area contributed by atoms with Crippen LogP contribution in [0.4, 0.5) is 10.6 Å². The Labute approximate surface area is 163 Å². The first-order valence-electron chi connectivity index (χ1n) is 9.45. The van der Waals surface area contributed by atoms with Crippen molar-refractivity contribution < 1.29 is 9.90 Å². The Morgan fingerprint density at radius 2 is 2.11 bits per heavy atom. The van der Waals surface area contributed by atoms with Crippen molar-refractivity contribution in [2.24, 2.45) is 11.8 Å². The van der Waals surface area contributed by atoms with Crippen LogP contribution in [0.5, 0.6) is 0 Å². The van der Waals surface area contributed by atoms with Crippen LogP contribution in [0.2, 0.25) is 0 Å². The summed E-state index contributed by atoms with van der Waals surface area (Å²) in [4.78, 5) is 28.2. The van der Waals surface area contributed by atoms with Crippen molar-refractivity contribution in [1.82, 2.24) is 25.2 Å². The van der Waals surface area contributed by atoms with Gasteiger partial charge >= 0.3 is 6.03 Å². The van der Waals surface area contributed by atoms with Crippen molar-refractivity contribution in [2.75, 3.05) is 25.0 Å². The number of aliphatic hydroxyl groups excluding tert-OH is 1. The topological polar surface area (TPSA) is 121 Å². The third-order valence-electron chi connectivity index (χ3n) is 5.82. The van der Waals surface area contributed by atoms with Gasteiger partial charge in [-0.15, -0.1) is 0 Å². The SMILES string of the molecule is CC(=N)/C=C(\O)NC(=O)N1CC2CC(N(C)c3ncnc4[nH]ccc34)C[C@@H]2C1. The molecule has 148 valence electrons. The zero-order valence-corrected chi connectivity index (χ0v) is 16.0. The van der Waals surface area contributed by atoms with Crippen LogP contribution in [-0.4, -0.2) is 62.9 Å². The van der Waals surface area contributed by atoms with E-state index in [1.807, 2.05) is 12.3 Å². The molecule has 3 atom stereocenters. The lowest BCUT2D eigenvalue weighted by Crippen LogP contribution is -2.40. The fourth-order valence-electron chi connectivity index (χ4n) is 4.49. The monoisotopic (exact) mass is 383 g/mol. The van der Waals surface area contributed by atoms with Gasteiger partial charge in [-0.25, -0.2) is 14.8 Å². The standard InChI is InChI=1S/C19H25N7O2/c1-11(20)5-16(27)24-19(28)26-8-12-6-14(7-13(12)9-26)25(2)18-15-3-4-21-17(15)22-10-23-18/h3-5,10,12-14,20,27H,6-9H2,1-2H3,(H,24,28)(H,21,22,23)/b16-5-,20-11?/t12-,13?,14?/m1/s1. The number of carbonyl (C=O) groups excluding carboxylic acids is 1. The van der Waals surface area contributed by atoms with Crippen LogP contribution in [0.3, 0.4) is 0 Å². The largest absolute Gasteiger partial charge is 0.494 e. The summed E-state index contributed by atoms with van der Waals surface area (Å²) in [5.74, 6) is 1.53. The molecule has 2 aliphatic rings. The molecule has 2 fully saturated rings. The van der Waals surface area contributed by atoms with Gasteiger partial charge < -0.3 is 25.3 Å². The Morgan fingerprint density at radius 3 is 2.79 bits per heavy atom. The molecular formula is C19H25N7O2. The highest BCUT2D eigenvalue weighted by Gasteiger charge is 2.44. The molecule has 1 saturated heterocycles. The van der Waals surface area contributed by atoms with Crippen LogP contribution in [0, 0.1) is 17.2 Å². The van der Waals surface area contributed by atoms with Crippen LogP contribution < -0.4 is 10.2 Å². The van der Waals surface area contributed by atoms with Crippen LogP contribution in [0.25, 0.3) is 11.0 Å². The molecule has 4 N–H and O–H groups in total. The number of aromatic amines is 1. The minimum Gasteiger partial charge on any atom is -0.494 e. The summed E-state index contributed by atoms with van der Waals surface area (Å²) >= 11 is 0. The average Bonchev–Trinajstić information content (AvgIpc) is 3.33. The van der Waals surface area contributed by atoms with E-state index in [4.69, 9.17) is 5.41 Å². The second-order valence-corrected chi connectivity index (χ2v) is 7.74. The molecule has 2 aromatic heterocycles. The molecule has 3 heterocycles. The number of aliphatic hydroxyl groups is 1. The van der Waals surface area contributed by atoms with Gasteiger partial charge in [0, 0.05) is 44.2 Å². The lowest BCUT2D eigenvalue weighted by Gasteiger charge is -2.28. The molecule has 9 heteroatoms. The summed E-state index contributed by atoms with van der Waals surface area (Å²) < 4.78 is 0. The number of H-pyrrole nitrogens is 1. The number of likely N-dealkylation sites (tertiary alicyclic amines) is 1. The predicted molar refractivity (Wildman–Crippen MR) is 107 cm³/mol. The summed E-state index contributed by atoms with van der Waals surface area (Å²) in [7, 11) is 2.08. The van der Waals surface area contributed by atoms with E-state index in [0.29, 0.717) is 31.0 Å². The first-order valence-corrected chi connectivity index (χ1v) is 9.45. The second kappa shape index (κ2) is 7.14. The summed E-state index contributed by atoms with van der Waals surface area (Å²) in [6, 6.07) is 2.07. The second-order valence-electron chi connectivity index (χ2n) is 7.74. The quantitative estimate of drug-likeness (QED) is 0.477. The number of hydrogen-bond donors (Lipinski definition) is 4. The molecule has 2 unspecified atom stereocenters. The number of hydrogen-bond acceptors (Lipinski definition) is 6. The highest BCUT2D eigenvalue weighted by molar-refractivity contribution is 5.91. The Morgan fingerprint density at radius 1 is 1.39 bits per heavy atom. The smallest absolute Gasteiger partial charge is 0.324 e. The molecular weight excluding hydrogens is 358 g/mol. The normalized spacial score (nSPS) is 24.4. The van der Waals surface area contributed by atoms with Crippen molar-refractivity contribution in [3.63, 3.8) is 0 Å². The molecule has 1 aliphatic heterocycles. The molecule has 2 amide bonds. The zero-order valence-electron chi connectivity index (χ0n) is 16.0. The van der Waals surface area contributed by atoms with E-state index in [-0.39, 0.29) is 17.6 Å². The maximum Gasteiger partial charge on any atom is 0.324 e. The van der Waals surface area contributed by atoms with Gasteiger partial charge in [-0.2, -0.15) is 0 Å². The Balaban J connectivity index is 1.38. The molecule has 28 heavy (non-hydrogen) atoms. The van der Waals surface area contributed by atoms with E-state index >= 15 is 0 Å². The number of rotatable bonds is 4. The molecule has 0 aromatic carbocycles. The number of fused-ring (bicyclic) bond motifs is 2. The van der Waals surface area contributed by atoms with Gasteiger partial charge in [-0.05, 0) is 37.7 Å². The van der Waals surface area contributed by atoms with Gasteiger partial charge in [0.2, 0.25) is 0 Å². The van der Waals surface area contributed by atoms with Crippen molar-refractivity contribution in [3.05, 3.63) is 30.5 Å². The fourth-order valence-corrected chi connectivity index (χ4v) is 4.49. The summed E-state index contributed by atoms with van der Waals surface area (Å²) in [6.07, 6.45) is 6.69. The van der Waals surface area contributed by atoms with Crippen molar-refractivity contribution in [1.29, 1.82) is 5.41 Å². The maximum atomic E-state index is 12.3. The minimum absolute atomic E-state index is 0.184. The summed E-state index contributed by atoms with van der Waals surface area (Å²) in [5.41, 5.74) is 1.02. The highest BCUT2D eigenvalue weighted by Crippen LogP contribution is 2.41. The molecule has 0 spiro atoms. The van der Waals surface area contributed by atoms with Crippen LogP contribution in [0.15, 0.2) is 30.5 Å². The first kappa shape index (κ1) is 18.3. The Kier molecular flexibility index (Phi) is 4.66. The van der Waals surface area contributed by atoms with E-state index < -0.39 is 0 Å². The predicted octanol–water partition coefficient (Wildman–Crippen LogP) is 2.25. The van der Waals surface area contributed by atoms with Gasteiger partial charge in [0.05, 0.1) is 5.39 Å². The van der Waals surface area contributed by atoms with E-state index in [1.165, 1.54) is 13.0 Å². The lowest BCUT2D eigenvalue weighted by atomic mass is 10.0. The van der Waals surface area contributed by atoms with E-state index in [0.717, 1.165) is 29.7 Å². The number of amides is 2. The lowest BCUT2D eigenvalue weighted by molar-refractivity contribution is 0.201. The van der Waals surface area contributed by atoms with E-state index in [9.17, 15) is 9.90 Å². The van der Waals surface area contributed by atoms with E-state index in [2.05, 4.69) is 32.2 Å². The van der Waals surface area contributed by atoms with Crippen LogP contribution in [-0.2, 0) is 0 Å². The third kappa shape index (κ3) is 3.39. The molecule has 1 saturated carbocycles. The van der Waals surface area contributed by atoms with Crippen LogP contribution >= 0.6 is 0 Å². The number of nitrogens with zero attached hydrogens (tertiary/aromatic N) is 4. The number of anilines is 1. The van der Waals surface area contributed by atoms with E-state index in [1.54, 1.807) is 11.2 Å². The van der Waals surface area contributed by atoms with Gasteiger partial charge in [0.1, 0.15) is 17.8 Å². The first-order chi connectivity index (χ1) is 13.4. The third-order valence-corrected chi connectivity index (χ3v) is 5.82. The summed E-state index contributed by atoms with van der Waals surface area (Å²) in [5, 5.41) is 20.5. The Hall–Kier alpha value is -3.10. The molecule has 9 nitrogen and oxygen atoms in total. The number of aromatic nitrogens is 3. The number of carbonyl (C=O) groups is 1. The van der Waals surface area contributed by atoms with Gasteiger partial charge in [-0.1, -0.05) is 0 Å². The Bertz CT molecular complexity index is 923. The number of nitrogens with one attached hydrogen (secondary N) is 3. The fraction of sp³-hybridized carbons (Fsp3) is 0.474. The maximum absolute atomic E-state index is 12.3. The molecule has 1 aliphatic carbocycles. The highest BCUT2D eigenvalue weighted by atomic mass is 16.3. The zero-order chi connectivity index (χ0) is 19.8. The summed E-state index contributed by atoms with van der Waals surface area (Å²) in [6.45, 7) is 2.90. The van der Waals surface area contributed by atoms with Crippen LogP contribution in [0.1, 0.15) is 19.8 Å². The molecule has 0 radical (unpaired) electrons. The number of urea groups is 1. The minimum atomic E-state index is -0.306. The van der Waals surface area contributed by atoms with Gasteiger partial charge in [0.25, 0.3) is 0 Å². The van der Waals surface area contributed by atoms with Crippen molar-refractivity contribution >= 4 is 28.6 Å².